The third kappa shape index (κ3) is 4.86. The first-order valence-corrected chi connectivity index (χ1v) is 12.5. The molecule has 166 valence electrons. The summed E-state index contributed by atoms with van der Waals surface area (Å²) in [5.41, 5.74) is 4.78. The van der Waals surface area contributed by atoms with E-state index >= 15 is 0 Å². The molecule has 0 aliphatic carbocycles. The smallest absolute Gasteiger partial charge is 0.264 e. The van der Waals surface area contributed by atoms with Crippen LogP contribution in [0.15, 0.2) is 77.7 Å². The number of aryl methyl sites for hydroxylation is 3. The topological polar surface area (TPSA) is 66.5 Å². The predicted octanol–water partition coefficient (Wildman–Crippen LogP) is 4.96. The minimum Gasteiger partial charge on any atom is -0.326 e. The number of sulfonamides is 1. The molecule has 6 heteroatoms. The Morgan fingerprint density at radius 2 is 1.62 bits per heavy atom. The van der Waals surface area contributed by atoms with Gasteiger partial charge in [0.15, 0.2) is 0 Å². The Hall–Kier alpha value is -3.12. The second-order valence-electron chi connectivity index (χ2n) is 8.05. The molecule has 1 aliphatic heterocycles. The highest BCUT2D eigenvalue weighted by Gasteiger charge is 2.28. The van der Waals surface area contributed by atoms with Crippen LogP contribution in [-0.4, -0.2) is 20.9 Å². The Labute approximate surface area is 190 Å². The largest absolute Gasteiger partial charge is 0.326 e. The standard InChI is InChI=1S/C26H28N2O3S/c1-2-20-9-14-23(15-10-20)27-26(29)18-13-21-11-16-24(17-12-21)32(30,31)28-19-5-7-22-6-3-4-8-25(22)28/h3-4,6,8-12,14-17H,2,5,7,13,18-19H2,1H3,(H,27,29). The van der Waals surface area contributed by atoms with Crippen molar-refractivity contribution in [3.63, 3.8) is 0 Å². The van der Waals surface area contributed by atoms with Gasteiger partial charge in [0, 0.05) is 18.7 Å². The van der Waals surface area contributed by atoms with Crippen LogP contribution >= 0.6 is 0 Å². The van der Waals surface area contributed by atoms with Gasteiger partial charge in [-0.2, -0.15) is 0 Å². The first kappa shape index (κ1) is 22.1. The summed E-state index contributed by atoms with van der Waals surface area (Å²) >= 11 is 0. The third-order valence-corrected chi connectivity index (χ3v) is 7.69. The molecular formula is C26H28N2O3S. The van der Waals surface area contributed by atoms with Gasteiger partial charge in [0.2, 0.25) is 5.91 Å². The molecule has 0 aromatic heterocycles. The predicted molar refractivity (Wildman–Crippen MR) is 129 cm³/mol. The SMILES string of the molecule is CCc1ccc(NC(=O)CCc2ccc(S(=O)(=O)N3CCCc4ccccc43)cc2)cc1. The van der Waals surface area contributed by atoms with E-state index in [0.717, 1.165) is 41.8 Å². The number of benzene rings is 3. The molecule has 0 radical (unpaired) electrons. The van der Waals surface area contributed by atoms with E-state index in [1.807, 2.05) is 48.5 Å². The number of para-hydroxylation sites is 1. The van der Waals surface area contributed by atoms with Crippen LogP contribution in [0.25, 0.3) is 0 Å². The number of hydrogen-bond acceptors (Lipinski definition) is 3. The van der Waals surface area contributed by atoms with Crippen LogP contribution in [0.1, 0.15) is 36.5 Å². The van der Waals surface area contributed by atoms with Gasteiger partial charge in [-0.25, -0.2) is 8.42 Å². The molecule has 0 atom stereocenters. The lowest BCUT2D eigenvalue weighted by Crippen LogP contribution is -2.35. The lowest BCUT2D eigenvalue weighted by atomic mass is 10.0. The molecule has 0 saturated carbocycles. The van der Waals surface area contributed by atoms with Gasteiger partial charge in [-0.3, -0.25) is 9.10 Å². The molecule has 0 bridgehead atoms. The molecule has 0 unspecified atom stereocenters. The maximum atomic E-state index is 13.2. The molecule has 5 nitrogen and oxygen atoms in total. The van der Waals surface area contributed by atoms with Crippen LogP contribution in [0.3, 0.4) is 0 Å². The second kappa shape index (κ2) is 9.57. The van der Waals surface area contributed by atoms with Gasteiger partial charge in [0.1, 0.15) is 0 Å². The van der Waals surface area contributed by atoms with Crippen molar-refractivity contribution in [1.29, 1.82) is 0 Å². The number of carbonyl (C=O) groups excluding carboxylic acids is 1. The lowest BCUT2D eigenvalue weighted by Gasteiger charge is -2.30. The third-order valence-electron chi connectivity index (χ3n) is 5.87. The number of amides is 1. The van der Waals surface area contributed by atoms with Crippen molar-refractivity contribution in [3.05, 3.63) is 89.5 Å². The first-order valence-electron chi connectivity index (χ1n) is 11.1. The molecular weight excluding hydrogens is 420 g/mol. The van der Waals surface area contributed by atoms with Gasteiger partial charge in [0.25, 0.3) is 10.0 Å². The number of fused-ring (bicyclic) bond motifs is 1. The fourth-order valence-electron chi connectivity index (χ4n) is 4.01. The summed E-state index contributed by atoms with van der Waals surface area (Å²) in [5, 5.41) is 2.91. The average molecular weight is 449 g/mol. The van der Waals surface area contributed by atoms with Crippen molar-refractivity contribution in [2.75, 3.05) is 16.2 Å². The molecule has 1 aliphatic rings. The van der Waals surface area contributed by atoms with Gasteiger partial charge in [-0.1, -0.05) is 49.4 Å². The fourth-order valence-corrected chi connectivity index (χ4v) is 5.55. The second-order valence-corrected chi connectivity index (χ2v) is 9.91. The van der Waals surface area contributed by atoms with Crippen LogP contribution in [0.5, 0.6) is 0 Å². The zero-order chi connectivity index (χ0) is 22.6. The summed E-state index contributed by atoms with van der Waals surface area (Å²) in [4.78, 5) is 12.6. The van der Waals surface area contributed by atoms with Gasteiger partial charge >= 0.3 is 0 Å². The van der Waals surface area contributed by atoms with E-state index in [1.165, 1.54) is 9.87 Å². The zero-order valence-corrected chi connectivity index (χ0v) is 19.1. The number of hydrogen-bond donors (Lipinski definition) is 1. The van der Waals surface area contributed by atoms with E-state index in [9.17, 15) is 13.2 Å². The van der Waals surface area contributed by atoms with Crippen LogP contribution in [0.4, 0.5) is 11.4 Å². The molecule has 1 amide bonds. The van der Waals surface area contributed by atoms with Gasteiger partial charge in [-0.05, 0) is 72.7 Å². The first-order chi connectivity index (χ1) is 15.5. The Balaban J connectivity index is 1.39. The Kier molecular flexibility index (Phi) is 6.61. The molecule has 1 heterocycles. The van der Waals surface area contributed by atoms with Crippen molar-refractivity contribution in [1.82, 2.24) is 0 Å². The maximum Gasteiger partial charge on any atom is 0.264 e. The quantitative estimate of drug-likeness (QED) is 0.555. The van der Waals surface area contributed by atoms with Crippen molar-refractivity contribution >= 4 is 27.3 Å². The average Bonchev–Trinajstić information content (AvgIpc) is 2.83. The molecule has 4 rings (SSSR count). The zero-order valence-electron chi connectivity index (χ0n) is 18.3. The van der Waals surface area contributed by atoms with E-state index < -0.39 is 10.0 Å². The van der Waals surface area contributed by atoms with E-state index in [4.69, 9.17) is 0 Å². The number of rotatable bonds is 7. The molecule has 0 saturated heterocycles. The fraction of sp³-hybridized carbons (Fsp3) is 0.269. The molecule has 1 N–H and O–H groups in total. The Bertz CT molecular complexity index is 1190. The van der Waals surface area contributed by atoms with Crippen LogP contribution < -0.4 is 9.62 Å². The number of nitrogens with zero attached hydrogens (tertiary/aromatic N) is 1. The molecule has 32 heavy (non-hydrogen) atoms. The summed E-state index contributed by atoms with van der Waals surface area (Å²) in [7, 11) is -3.62. The number of nitrogens with one attached hydrogen (secondary N) is 1. The highest BCUT2D eigenvalue weighted by molar-refractivity contribution is 7.92. The summed E-state index contributed by atoms with van der Waals surface area (Å²) < 4.78 is 28.0. The van der Waals surface area contributed by atoms with Crippen molar-refractivity contribution < 1.29 is 13.2 Å². The summed E-state index contributed by atoms with van der Waals surface area (Å²) in [6, 6.07) is 22.4. The van der Waals surface area contributed by atoms with E-state index in [1.54, 1.807) is 24.3 Å². The number of anilines is 2. The Morgan fingerprint density at radius 1 is 0.938 bits per heavy atom. The molecule has 3 aromatic carbocycles. The van der Waals surface area contributed by atoms with Gasteiger partial charge in [-0.15, -0.1) is 0 Å². The lowest BCUT2D eigenvalue weighted by molar-refractivity contribution is -0.116. The molecule has 0 spiro atoms. The highest BCUT2D eigenvalue weighted by Crippen LogP contribution is 2.31. The van der Waals surface area contributed by atoms with Gasteiger partial charge < -0.3 is 5.32 Å². The monoisotopic (exact) mass is 448 g/mol. The van der Waals surface area contributed by atoms with Crippen molar-refractivity contribution in [2.24, 2.45) is 0 Å². The minimum atomic E-state index is -3.62. The van der Waals surface area contributed by atoms with Gasteiger partial charge in [0.05, 0.1) is 10.6 Å². The molecule has 3 aromatic rings. The van der Waals surface area contributed by atoms with Crippen LogP contribution in [-0.2, 0) is 34.1 Å². The van der Waals surface area contributed by atoms with E-state index in [-0.39, 0.29) is 10.8 Å². The summed E-state index contributed by atoms with van der Waals surface area (Å²) in [5.74, 6) is -0.0594. The van der Waals surface area contributed by atoms with Crippen molar-refractivity contribution in [3.8, 4) is 0 Å². The molecule has 0 fully saturated rings. The van der Waals surface area contributed by atoms with Crippen LogP contribution in [0, 0.1) is 0 Å². The van der Waals surface area contributed by atoms with Crippen molar-refractivity contribution in [2.45, 2.75) is 43.9 Å². The number of carbonyl (C=O) groups is 1. The minimum absolute atomic E-state index is 0.0594. The highest BCUT2D eigenvalue weighted by atomic mass is 32.2. The summed E-state index contributed by atoms with van der Waals surface area (Å²) in [6.07, 6.45) is 3.55. The summed E-state index contributed by atoms with van der Waals surface area (Å²) in [6.45, 7) is 2.58. The van der Waals surface area contributed by atoms with E-state index in [2.05, 4.69) is 12.2 Å². The van der Waals surface area contributed by atoms with Crippen LogP contribution in [0.2, 0.25) is 0 Å². The Morgan fingerprint density at radius 3 is 2.34 bits per heavy atom. The normalized spacial score (nSPS) is 13.5. The maximum absolute atomic E-state index is 13.2. The van der Waals surface area contributed by atoms with E-state index in [0.29, 0.717) is 19.4 Å².